The highest BCUT2D eigenvalue weighted by atomic mass is 16.5. The molecule has 1 aromatic heterocycles. The first-order valence-corrected chi connectivity index (χ1v) is 8.37. The summed E-state index contributed by atoms with van der Waals surface area (Å²) in [5.74, 6) is -0.0399. The third-order valence-electron chi connectivity index (χ3n) is 4.86. The van der Waals surface area contributed by atoms with Gasteiger partial charge in [0, 0.05) is 18.0 Å². The number of carbonyl (C=O) groups is 2. The minimum absolute atomic E-state index is 0.0526. The van der Waals surface area contributed by atoms with Gasteiger partial charge < -0.3 is 20.3 Å². The second-order valence-corrected chi connectivity index (χ2v) is 6.45. The molecule has 2 amide bonds. The average molecular weight is 321 g/mol. The molecule has 0 bridgehead atoms. The molecule has 2 aliphatic rings. The number of aromatic nitrogens is 1. The molecular weight excluding hydrogens is 298 g/mol. The fraction of sp³-hybridized carbons (Fsp3) is 0.688. The summed E-state index contributed by atoms with van der Waals surface area (Å²) in [7, 11) is 0. The molecule has 0 unspecified atom stereocenters. The minimum Gasteiger partial charge on any atom is -0.481 e. The van der Waals surface area contributed by atoms with Gasteiger partial charge in [0.2, 0.25) is 0 Å². The highest BCUT2D eigenvalue weighted by Gasteiger charge is 2.27. The Labute approximate surface area is 134 Å². The largest absolute Gasteiger partial charge is 0.481 e. The van der Waals surface area contributed by atoms with Gasteiger partial charge in [-0.25, -0.2) is 4.79 Å². The Bertz CT molecular complexity index is 576. The zero-order valence-corrected chi connectivity index (χ0v) is 13.1. The van der Waals surface area contributed by atoms with Gasteiger partial charge in [0.1, 0.15) is 11.5 Å². The normalized spacial score (nSPS) is 23.8. The van der Waals surface area contributed by atoms with Crippen molar-refractivity contribution in [3.8, 4) is 0 Å². The molecule has 126 valence electrons. The van der Waals surface area contributed by atoms with Gasteiger partial charge in [-0.1, -0.05) is 5.16 Å². The van der Waals surface area contributed by atoms with Crippen molar-refractivity contribution in [3.05, 3.63) is 17.0 Å². The lowest BCUT2D eigenvalue weighted by molar-refractivity contribution is -0.142. The molecule has 7 heteroatoms. The van der Waals surface area contributed by atoms with Crippen molar-refractivity contribution in [2.45, 2.75) is 64.0 Å². The fourth-order valence-electron chi connectivity index (χ4n) is 3.47. The molecule has 0 aliphatic heterocycles. The molecule has 1 aromatic rings. The molecule has 0 saturated heterocycles. The van der Waals surface area contributed by atoms with Crippen LogP contribution in [0.5, 0.6) is 0 Å². The van der Waals surface area contributed by atoms with Gasteiger partial charge in [-0.15, -0.1) is 0 Å². The predicted octanol–water partition coefficient (Wildman–Crippen LogP) is 2.00. The Balaban J connectivity index is 1.44. The molecule has 1 saturated carbocycles. The lowest BCUT2D eigenvalue weighted by atomic mass is 9.86. The van der Waals surface area contributed by atoms with E-state index in [1.165, 1.54) is 0 Å². The maximum absolute atomic E-state index is 12.0. The van der Waals surface area contributed by atoms with E-state index < -0.39 is 5.97 Å². The zero-order chi connectivity index (χ0) is 16.2. The van der Waals surface area contributed by atoms with E-state index >= 15 is 0 Å². The van der Waals surface area contributed by atoms with Crippen LogP contribution in [0, 0.1) is 5.92 Å². The van der Waals surface area contributed by atoms with E-state index in [2.05, 4.69) is 15.8 Å². The molecule has 0 spiro atoms. The summed E-state index contributed by atoms with van der Waals surface area (Å²) in [6.07, 6.45) is 6.84. The smallest absolute Gasteiger partial charge is 0.315 e. The van der Waals surface area contributed by atoms with E-state index in [-0.39, 0.29) is 18.0 Å². The molecule has 1 fully saturated rings. The summed E-state index contributed by atoms with van der Waals surface area (Å²) < 4.78 is 5.33. The van der Waals surface area contributed by atoms with Crippen molar-refractivity contribution < 1.29 is 19.2 Å². The number of rotatable bonds is 4. The minimum atomic E-state index is -0.733. The number of carbonyl (C=O) groups excluding carboxylic acids is 1. The highest BCUT2D eigenvalue weighted by Crippen LogP contribution is 2.25. The van der Waals surface area contributed by atoms with E-state index in [1.807, 2.05) is 0 Å². The van der Waals surface area contributed by atoms with Crippen LogP contribution < -0.4 is 10.6 Å². The van der Waals surface area contributed by atoms with E-state index in [0.29, 0.717) is 32.2 Å². The number of carboxylic acids is 1. The summed E-state index contributed by atoms with van der Waals surface area (Å²) in [5.41, 5.74) is 1.97. The molecule has 7 nitrogen and oxygen atoms in total. The van der Waals surface area contributed by atoms with Crippen LogP contribution >= 0.6 is 0 Å². The Morgan fingerprint density at radius 3 is 2.65 bits per heavy atom. The number of nitrogens with one attached hydrogen (secondary N) is 2. The van der Waals surface area contributed by atoms with Gasteiger partial charge in [-0.3, -0.25) is 4.79 Å². The van der Waals surface area contributed by atoms with Crippen LogP contribution in [0.1, 0.15) is 55.5 Å². The first kappa shape index (κ1) is 15.8. The van der Waals surface area contributed by atoms with Crippen molar-refractivity contribution in [2.75, 3.05) is 0 Å². The first-order valence-electron chi connectivity index (χ1n) is 8.37. The quantitative estimate of drug-likeness (QED) is 0.786. The van der Waals surface area contributed by atoms with Crippen LogP contribution in [-0.4, -0.2) is 28.3 Å². The number of urea groups is 1. The maximum atomic E-state index is 12.0. The van der Waals surface area contributed by atoms with Gasteiger partial charge in [0.25, 0.3) is 0 Å². The van der Waals surface area contributed by atoms with Crippen molar-refractivity contribution >= 4 is 12.0 Å². The molecule has 1 heterocycles. The second kappa shape index (κ2) is 7.02. The van der Waals surface area contributed by atoms with E-state index in [9.17, 15) is 9.59 Å². The van der Waals surface area contributed by atoms with E-state index in [1.54, 1.807) is 0 Å². The molecular formula is C16H23N3O4. The van der Waals surface area contributed by atoms with Gasteiger partial charge in [-0.2, -0.15) is 0 Å². The van der Waals surface area contributed by atoms with Crippen LogP contribution in [0.3, 0.4) is 0 Å². The first-order chi connectivity index (χ1) is 11.1. The molecule has 2 aliphatic carbocycles. The summed E-state index contributed by atoms with van der Waals surface area (Å²) in [5, 5.41) is 18.8. The summed E-state index contributed by atoms with van der Waals surface area (Å²) in [4.78, 5) is 22.9. The molecule has 0 radical (unpaired) electrons. The van der Waals surface area contributed by atoms with Crippen molar-refractivity contribution in [2.24, 2.45) is 5.92 Å². The van der Waals surface area contributed by atoms with Gasteiger partial charge in [0.15, 0.2) is 0 Å². The van der Waals surface area contributed by atoms with E-state index in [4.69, 9.17) is 9.63 Å². The maximum Gasteiger partial charge on any atom is 0.315 e. The Hall–Kier alpha value is -2.05. The zero-order valence-electron chi connectivity index (χ0n) is 13.1. The number of aryl methyl sites for hydroxylation is 1. The molecule has 0 aromatic carbocycles. The highest BCUT2D eigenvalue weighted by molar-refractivity contribution is 5.74. The third-order valence-corrected chi connectivity index (χ3v) is 4.86. The molecule has 23 heavy (non-hydrogen) atoms. The number of aliphatic carboxylic acids is 1. The Morgan fingerprint density at radius 1 is 1.17 bits per heavy atom. The van der Waals surface area contributed by atoms with E-state index in [0.717, 1.165) is 42.7 Å². The molecule has 3 rings (SSSR count). The number of nitrogens with zero attached hydrogens (tertiary/aromatic N) is 1. The fourth-order valence-corrected chi connectivity index (χ4v) is 3.47. The number of amides is 2. The van der Waals surface area contributed by atoms with Crippen LogP contribution in [0.15, 0.2) is 4.52 Å². The van der Waals surface area contributed by atoms with Crippen molar-refractivity contribution in [3.63, 3.8) is 0 Å². The lowest BCUT2D eigenvalue weighted by Gasteiger charge is -2.26. The summed E-state index contributed by atoms with van der Waals surface area (Å²) in [6, 6.07) is -0.173. The van der Waals surface area contributed by atoms with Gasteiger partial charge in [0.05, 0.1) is 12.5 Å². The van der Waals surface area contributed by atoms with Crippen LogP contribution in [-0.2, 0) is 24.2 Å². The molecule has 3 N–H and O–H groups in total. The number of fused-ring (bicyclic) bond motifs is 1. The number of hydrogen-bond acceptors (Lipinski definition) is 4. The molecule has 0 atom stereocenters. The monoisotopic (exact) mass is 321 g/mol. The topological polar surface area (TPSA) is 104 Å². The second-order valence-electron chi connectivity index (χ2n) is 6.45. The van der Waals surface area contributed by atoms with Crippen molar-refractivity contribution in [1.29, 1.82) is 0 Å². The number of carboxylic acid groups (broad SMARTS) is 1. The summed E-state index contributed by atoms with van der Waals surface area (Å²) in [6.45, 7) is 0.370. The van der Waals surface area contributed by atoms with Crippen molar-refractivity contribution in [1.82, 2.24) is 15.8 Å². The SMILES string of the molecule is O=C(NCc1noc2c1CCCC2)NC1CCC(C(=O)O)CC1. The van der Waals surface area contributed by atoms with Gasteiger partial charge >= 0.3 is 12.0 Å². The van der Waals surface area contributed by atoms with Crippen LogP contribution in [0.2, 0.25) is 0 Å². The standard InChI is InChI=1S/C16H23N3O4/c20-15(21)10-5-7-11(8-6-10)18-16(22)17-9-13-12-3-1-2-4-14(12)23-19-13/h10-11H,1-9H2,(H,20,21)(H2,17,18,22). The van der Waals surface area contributed by atoms with Gasteiger partial charge in [-0.05, 0) is 44.9 Å². The van der Waals surface area contributed by atoms with Crippen LogP contribution in [0.4, 0.5) is 4.79 Å². The van der Waals surface area contributed by atoms with Crippen LogP contribution in [0.25, 0.3) is 0 Å². The number of hydrogen-bond donors (Lipinski definition) is 3. The average Bonchev–Trinajstić information content (AvgIpc) is 2.97. The Morgan fingerprint density at radius 2 is 1.91 bits per heavy atom. The predicted molar refractivity (Wildman–Crippen MR) is 81.9 cm³/mol. The Kier molecular flexibility index (Phi) is 4.83. The summed E-state index contributed by atoms with van der Waals surface area (Å²) >= 11 is 0. The third kappa shape index (κ3) is 3.83. The lowest BCUT2D eigenvalue weighted by Crippen LogP contribution is -2.44.